The highest BCUT2D eigenvalue weighted by atomic mass is 35.5. The highest BCUT2D eigenvalue weighted by Gasteiger charge is 2.13. The van der Waals surface area contributed by atoms with Crippen molar-refractivity contribution in [3.63, 3.8) is 0 Å². The van der Waals surface area contributed by atoms with Gasteiger partial charge in [0.15, 0.2) is 6.61 Å². The van der Waals surface area contributed by atoms with Gasteiger partial charge in [-0.15, -0.1) is 0 Å². The molecule has 6 nitrogen and oxygen atoms in total. The van der Waals surface area contributed by atoms with E-state index in [4.69, 9.17) is 27.9 Å². The minimum Gasteiger partial charge on any atom is -0.452 e. The number of ether oxygens (including phenoxy) is 1. The molecule has 0 aliphatic carbocycles. The molecule has 0 aromatic heterocycles. The molecule has 0 radical (unpaired) electrons. The van der Waals surface area contributed by atoms with Crippen LogP contribution in [-0.4, -0.2) is 31.1 Å². The van der Waals surface area contributed by atoms with Gasteiger partial charge in [0.2, 0.25) is 0 Å². The van der Waals surface area contributed by atoms with Crippen molar-refractivity contribution in [2.45, 2.75) is 13.3 Å². The zero-order valence-electron chi connectivity index (χ0n) is 11.2. The Labute approximate surface area is 131 Å². The summed E-state index contributed by atoms with van der Waals surface area (Å²) in [6.07, 6.45) is 0.742. The summed E-state index contributed by atoms with van der Waals surface area (Å²) in [5, 5.41) is 5.03. The Kier molecular flexibility index (Phi) is 6.98. The Hall–Kier alpha value is -1.79. The molecule has 1 aromatic carbocycles. The monoisotopic (exact) mass is 332 g/mol. The van der Waals surface area contributed by atoms with E-state index in [1.807, 2.05) is 12.2 Å². The van der Waals surface area contributed by atoms with Crippen molar-refractivity contribution in [2.24, 2.45) is 0 Å². The minimum atomic E-state index is -0.761. The Morgan fingerprint density at radius 2 is 1.76 bits per heavy atom. The predicted molar refractivity (Wildman–Crippen MR) is 78.6 cm³/mol. The van der Waals surface area contributed by atoms with Gasteiger partial charge in [-0.1, -0.05) is 30.1 Å². The maximum absolute atomic E-state index is 11.7. The summed E-state index contributed by atoms with van der Waals surface area (Å²) < 4.78 is 4.76. The smallest absolute Gasteiger partial charge is 0.338 e. The standard InChI is InChI=1S/C13H14Cl2N2O4/c1-2-3-16-13(20)17-11(18)7-21-12(19)8-4-9(14)6-10(15)5-8/h4-6H,2-3,7H2,1H3,(H2,16,17,18,20). The van der Waals surface area contributed by atoms with E-state index in [1.165, 1.54) is 18.2 Å². The average molecular weight is 333 g/mol. The molecule has 21 heavy (non-hydrogen) atoms. The third-order valence-corrected chi connectivity index (χ3v) is 2.66. The lowest BCUT2D eigenvalue weighted by atomic mass is 10.2. The number of urea groups is 1. The van der Waals surface area contributed by atoms with Crippen molar-refractivity contribution in [1.82, 2.24) is 10.6 Å². The number of hydrogen-bond acceptors (Lipinski definition) is 4. The first kappa shape index (κ1) is 17.3. The number of imide groups is 1. The highest BCUT2D eigenvalue weighted by molar-refractivity contribution is 6.35. The van der Waals surface area contributed by atoms with Crippen LogP contribution in [0.25, 0.3) is 0 Å². The van der Waals surface area contributed by atoms with Crippen LogP contribution < -0.4 is 10.6 Å². The second kappa shape index (κ2) is 8.49. The number of benzene rings is 1. The zero-order chi connectivity index (χ0) is 15.8. The maximum atomic E-state index is 11.7. The average Bonchev–Trinajstić information content (AvgIpc) is 2.41. The fraction of sp³-hybridized carbons (Fsp3) is 0.308. The first-order valence-corrected chi connectivity index (χ1v) is 6.89. The zero-order valence-corrected chi connectivity index (χ0v) is 12.8. The van der Waals surface area contributed by atoms with E-state index in [0.29, 0.717) is 6.54 Å². The summed E-state index contributed by atoms with van der Waals surface area (Å²) in [7, 11) is 0. The molecule has 0 heterocycles. The Morgan fingerprint density at radius 1 is 1.14 bits per heavy atom. The van der Waals surface area contributed by atoms with Crippen LogP contribution in [0, 0.1) is 0 Å². The van der Waals surface area contributed by atoms with Crippen molar-refractivity contribution in [3.05, 3.63) is 33.8 Å². The predicted octanol–water partition coefficient (Wildman–Crippen LogP) is 2.39. The number of halogens is 2. The van der Waals surface area contributed by atoms with Gasteiger partial charge in [0.25, 0.3) is 5.91 Å². The molecular weight excluding hydrogens is 319 g/mol. The second-order valence-corrected chi connectivity index (χ2v) is 4.91. The van der Waals surface area contributed by atoms with Crippen molar-refractivity contribution in [1.29, 1.82) is 0 Å². The summed E-state index contributed by atoms with van der Waals surface area (Å²) >= 11 is 11.5. The molecule has 0 bridgehead atoms. The molecule has 3 amide bonds. The number of nitrogens with one attached hydrogen (secondary N) is 2. The van der Waals surface area contributed by atoms with Gasteiger partial charge in [0, 0.05) is 16.6 Å². The molecule has 0 unspecified atom stereocenters. The normalized spacial score (nSPS) is 9.86. The van der Waals surface area contributed by atoms with Crippen LogP contribution in [0.2, 0.25) is 10.0 Å². The van der Waals surface area contributed by atoms with Crippen molar-refractivity contribution >= 4 is 41.1 Å². The molecule has 0 saturated heterocycles. The molecule has 0 spiro atoms. The van der Waals surface area contributed by atoms with Crippen LogP contribution in [0.5, 0.6) is 0 Å². The summed E-state index contributed by atoms with van der Waals surface area (Å²) in [4.78, 5) is 34.3. The van der Waals surface area contributed by atoms with Crippen LogP contribution in [-0.2, 0) is 9.53 Å². The number of rotatable bonds is 5. The highest BCUT2D eigenvalue weighted by Crippen LogP contribution is 2.19. The van der Waals surface area contributed by atoms with Crippen LogP contribution in [0.1, 0.15) is 23.7 Å². The van der Waals surface area contributed by atoms with E-state index in [0.717, 1.165) is 6.42 Å². The number of hydrogen-bond donors (Lipinski definition) is 2. The molecule has 114 valence electrons. The van der Waals surface area contributed by atoms with E-state index < -0.39 is 24.5 Å². The van der Waals surface area contributed by atoms with Gasteiger partial charge in [-0.2, -0.15) is 0 Å². The van der Waals surface area contributed by atoms with Gasteiger partial charge in [0.1, 0.15) is 0 Å². The van der Waals surface area contributed by atoms with Crippen LogP contribution in [0.4, 0.5) is 4.79 Å². The van der Waals surface area contributed by atoms with Crippen LogP contribution >= 0.6 is 23.2 Å². The SMILES string of the molecule is CCCNC(=O)NC(=O)COC(=O)c1cc(Cl)cc(Cl)c1. The van der Waals surface area contributed by atoms with Gasteiger partial charge in [-0.3, -0.25) is 10.1 Å². The molecule has 8 heteroatoms. The third kappa shape index (κ3) is 6.46. The van der Waals surface area contributed by atoms with Gasteiger partial charge in [0.05, 0.1) is 5.56 Å². The fourth-order valence-corrected chi connectivity index (χ4v) is 1.86. The van der Waals surface area contributed by atoms with E-state index in [-0.39, 0.29) is 15.6 Å². The second-order valence-electron chi connectivity index (χ2n) is 4.04. The largest absolute Gasteiger partial charge is 0.452 e. The van der Waals surface area contributed by atoms with E-state index in [1.54, 1.807) is 0 Å². The van der Waals surface area contributed by atoms with Crippen molar-refractivity contribution in [3.8, 4) is 0 Å². The summed E-state index contributed by atoms with van der Waals surface area (Å²) in [6.45, 7) is 1.74. The number of amides is 3. The molecule has 1 rings (SSSR count). The number of esters is 1. The quantitative estimate of drug-likeness (QED) is 0.811. The Morgan fingerprint density at radius 3 is 2.33 bits per heavy atom. The third-order valence-electron chi connectivity index (χ3n) is 2.22. The molecule has 0 saturated carbocycles. The van der Waals surface area contributed by atoms with Crippen molar-refractivity contribution in [2.75, 3.05) is 13.2 Å². The number of carbonyl (C=O) groups excluding carboxylic acids is 3. The summed E-state index contributed by atoms with van der Waals surface area (Å²) in [5.74, 6) is -1.49. The van der Waals surface area contributed by atoms with Crippen LogP contribution in [0.15, 0.2) is 18.2 Å². The lowest BCUT2D eigenvalue weighted by Gasteiger charge is -2.07. The lowest BCUT2D eigenvalue weighted by molar-refractivity contribution is -0.123. The van der Waals surface area contributed by atoms with Crippen molar-refractivity contribution < 1.29 is 19.1 Å². The van der Waals surface area contributed by atoms with E-state index >= 15 is 0 Å². The molecule has 0 aliphatic heterocycles. The van der Waals surface area contributed by atoms with E-state index in [2.05, 4.69) is 5.32 Å². The lowest BCUT2D eigenvalue weighted by Crippen LogP contribution is -2.41. The molecular formula is C13H14Cl2N2O4. The van der Waals surface area contributed by atoms with Gasteiger partial charge in [-0.05, 0) is 24.6 Å². The van der Waals surface area contributed by atoms with E-state index in [9.17, 15) is 14.4 Å². The molecule has 2 N–H and O–H groups in total. The maximum Gasteiger partial charge on any atom is 0.338 e. The molecule has 0 aliphatic rings. The summed E-state index contributed by atoms with van der Waals surface area (Å²) in [6, 6.07) is 3.55. The Balaban J connectivity index is 2.45. The van der Waals surface area contributed by atoms with Gasteiger partial charge >= 0.3 is 12.0 Å². The molecule has 0 atom stereocenters. The number of carbonyl (C=O) groups is 3. The first-order chi connectivity index (χ1) is 9.92. The molecule has 1 aromatic rings. The Bertz CT molecular complexity index is 529. The molecule has 0 fully saturated rings. The summed E-state index contributed by atoms with van der Waals surface area (Å²) in [5.41, 5.74) is 0.121. The van der Waals surface area contributed by atoms with Gasteiger partial charge < -0.3 is 10.1 Å². The van der Waals surface area contributed by atoms with Crippen LogP contribution in [0.3, 0.4) is 0 Å². The first-order valence-electron chi connectivity index (χ1n) is 6.13. The fourth-order valence-electron chi connectivity index (χ4n) is 1.33. The topological polar surface area (TPSA) is 84.5 Å². The van der Waals surface area contributed by atoms with Gasteiger partial charge in [-0.25, -0.2) is 9.59 Å². The minimum absolute atomic E-state index is 0.121.